The SMILES string of the molecule is Nc1ccccc1CC(=O)NC1CN(CC(=O)O)C1=O. The van der Waals surface area contributed by atoms with Gasteiger partial charge in [-0.05, 0) is 11.6 Å². The number of amides is 2. The second-order valence-corrected chi connectivity index (χ2v) is 4.61. The lowest BCUT2D eigenvalue weighted by atomic mass is 10.1. The first kappa shape index (κ1) is 13.9. The van der Waals surface area contributed by atoms with Crippen LogP contribution in [0, 0.1) is 0 Å². The number of carboxylic acids is 1. The number of nitrogens with one attached hydrogen (secondary N) is 1. The van der Waals surface area contributed by atoms with Crippen LogP contribution in [-0.4, -0.2) is 46.9 Å². The number of rotatable bonds is 5. The zero-order valence-corrected chi connectivity index (χ0v) is 10.7. The molecular formula is C13H15N3O4. The summed E-state index contributed by atoms with van der Waals surface area (Å²) in [4.78, 5) is 35.0. The van der Waals surface area contributed by atoms with Crippen LogP contribution in [0.3, 0.4) is 0 Å². The van der Waals surface area contributed by atoms with Crippen LogP contribution in [0.1, 0.15) is 5.56 Å². The first-order chi connectivity index (χ1) is 9.47. The number of carbonyl (C=O) groups is 3. The summed E-state index contributed by atoms with van der Waals surface area (Å²) < 4.78 is 0. The van der Waals surface area contributed by atoms with Crippen LogP contribution in [0.5, 0.6) is 0 Å². The van der Waals surface area contributed by atoms with Gasteiger partial charge in [0.05, 0.1) is 13.0 Å². The lowest BCUT2D eigenvalue weighted by molar-refractivity contribution is -0.153. The Morgan fingerprint density at radius 1 is 1.40 bits per heavy atom. The van der Waals surface area contributed by atoms with Gasteiger partial charge in [-0.15, -0.1) is 0 Å². The van der Waals surface area contributed by atoms with E-state index in [0.717, 1.165) is 0 Å². The molecule has 20 heavy (non-hydrogen) atoms. The molecule has 0 spiro atoms. The topological polar surface area (TPSA) is 113 Å². The Morgan fingerprint density at radius 3 is 2.70 bits per heavy atom. The minimum atomic E-state index is -1.07. The van der Waals surface area contributed by atoms with E-state index in [-0.39, 0.29) is 31.3 Å². The summed E-state index contributed by atoms with van der Waals surface area (Å²) in [5.41, 5.74) is 6.95. The summed E-state index contributed by atoms with van der Waals surface area (Å²) in [5, 5.41) is 11.1. The van der Waals surface area contributed by atoms with Crippen molar-refractivity contribution in [3.05, 3.63) is 29.8 Å². The highest BCUT2D eigenvalue weighted by molar-refractivity contribution is 5.94. The van der Waals surface area contributed by atoms with Gasteiger partial charge in [-0.1, -0.05) is 18.2 Å². The maximum atomic E-state index is 11.8. The van der Waals surface area contributed by atoms with E-state index in [1.807, 2.05) is 0 Å². The van der Waals surface area contributed by atoms with Crippen molar-refractivity contribution >= 4 is 23.5 Å². The summed E-state index contributed by atoms with van der Waals surface area (Å²) in [6.45, 7) is -0.113. The maximum Gasteiger partial charge on any atom is 0.323 e. The van der Waals surface area contributed by atoms with Crippen LogP contribution < -0.4 is 11.1 Å². The minimum absolute atomic E-state index is 0.0926. The number of likely N-dealkylation sites (tertiary alicyclic amines) is 1. The number of benzene rings is 1. The van der Waals surface area contributed by atoms with E-state index in [9.17, 15) is 14.4 Å². The molecular weight excluding hydrogens is 262 g/mol. The molecule has 0 aromatic heterocycles. The van der Waals surface area contributed by atoms with Gasteiger partial charge in [0.25, 0.3) is 0 Å². The molecule has 1 fully saturated rings. The predicted octanol–water partition coefficient (Wildman–Crippen LogP) is -0.777. The van der Waals surface area contributed by atoms with Gasteiger partial charge in [0.1, 0.15) is 12.6 Å². The largest absolute Gasteiger partial charge is 0.480 e. The average molecular weight is 277 g/mol. The first-order valence-corrected chi connectivity index (χ1v) is 6.10. The lowest BCUT2D eigenvalue weighted by Gasteiger charge is -2.37. The molecule has 1 aromatic rings. The minimum Gasteiger partial charge on any atom is -0.480 e. The number of hydrogen-bond acceptors (Lipinski definition) is 4. The summed E-state index contributed by atoms with van der Waals surface area (Å²) in [6.07, 6.45) is 0.0926. The molecule has 1 unspecified atom stereocenters. The number of carbonyl (C=O) groups excluding carboxylic acids is 2. The number of nitrogens with two attached hydrogens (primary N) is 1. The number of aliphatic carboxylic acids is 1. The fourth-order valence-corrected chi connectivity index (χ4v) is 2.02. The van der Waals surface area contributed by atoms with Crippen LogP contribution in [0.15, 0.2) is 24.3 Å². The normalized spacial score (nSPS) is 17.5. The van der Waals surface area contributed by atoms with Crippen molar-refractivity contribution in [3.8, 4) is 0 Å². The second-order valence-electron chi connectivity index (χ2n) is 4.61. The highest BCUT2D eigenvalue weighted by Gasteiger charge is 2.38. The lowest BCUT2D eigenvalue weighted by Crippen LogP contribution is -2.64. The number of β-lactam (4-membered cyclic amide) rings is 1. The molecule has 2 rings (SSSR count). The molecule has 1 heterocycles. The third-order valence-electron chi connectivity index (χ3n) is 3.08. The zero-order valence-electron chi connectivity index (χ0n) is 10.7. The van der Waals surface area contributed by atoms with Gasteiger partial charge < -0.3 is 21.1 Å². The Morgan fingerprint density at radius 2 is 2.10 bits per heavy atom. The van der Waals surface area contributed by atoms with Crippen molar-refractivity contribution in [1.29, 1.82) is 0 Å². The summed E-state index contributed by atoms with van der Waals surface area (Å²) in [6, 6.07) is 6.37. The molecule has 1 atom stereocenters. The third-order valence-corrected chi connectivity index (χ3v) is 3.08. The van der Waals surface area contributed by atoms with Gasteiger partial charge in [0.2, 0.25) is 11.8 Å². The molecule has 1 aromatic carbocycles. The number of hydrogen-bond donors (Lipinski definition) is 3. The van der Waals surface area contributed by atoms with E-state index in [2.05, 4.69) is 5.32 Å². The van der Waals surface area contributed by atoms with Crippen molar-refractivity contribution < 1.29 is 19.5 Å². The Balaban J connectivity index is 1.84. The van der Waals surface area contributed by atoms with Crippen LogP contribution >= 0.6 is 0 Å². The average Bonchev–Trinajstić information content (AvgIpc) is 2.39. The highest BCUT2D eigenvalue weighted by Crippen LogP contribution is 2.13. The number of nitrogens with zero attached hydrogens (tertiary/aromatic N) is 1. The van der Waals surface area contributed by atoms with Gasteiger partial charge in [-0.25, -0.2) is 0 Å². The van der Waals surface area contributed by atoms with E-state index in [1.165, 1.54) is 4.90 Å². The number of anilines is 1. The molecule has 1 aliphatic heterocycles. The molecule has 4 N–H and O–H groups in total. The van der Waals surface area contributed by atoms with Crippen LogP contribution in [0.25, 0.3) is 0 Å². The third kappa shape index (κ3) is 3.05. The second kappa shape index (κ2) is 5.60. The Bertz CT molecular complexity index is 558. The van der Waals surface area contributed by atoms with Gasteiger partial charge in [-0.2, -0.15) is 0 Å². The molecule has 7 heteroatoms. The summed E-state index contributed by atoms with van der Waals surface area (Å²) in [7, 11) is 0. The quantitative estimate of drug-likeness (QED) is 0.483. The summed E-state index contributed by atoms with van der Waals surface area (Å²) >= 11 is 0. The molecule has 106 valence electrons. The molecule has 1 saturated heterocycles. The molecule has 2 amide bonds. The predicted molar refractivity (Wildman–Crippen MR) is 70.7 cm³/mol. The zero-order chi connectivity index (χ0) is 14.7. The van der Waals surface area contributed by atoms with Gasteiger partial charge in [-0.3, -0.25) is 14.4 Å². The standard InChI is InChI=1S/C13H15N3O4/c14-9-4-2-1-3-8(9)5-11(17)15-10-6-16(13(10)20)7-12(18)19/h1-4,10H,5-7,14H2,(H,15,17)(H,18,19). The van der Waals surface area contributed by atoms with E-state index >= 15 is 0 Å². The van der Waals surface area contributed by atoms with Gasteiger partial charge >= 0.3 is 5.97 Å². The Kier molecular flexibility index (Phi) is 3.88. The van der Waals surface area contributed by atoms with Crippen molar-refractivity contribution in [1.82, 2.24) is 10.2 Å². The Hall–Kier alpha value is -2.57. The smallest absolute Gasteiger partial charge is 0.323 e. The molecule has 0 bridgehead atoms. The molecule has 1 aliphatic rings. The van der Waals surface area contributed by atoms with E-state index in [0.29, 0.717) is 11.3 Å². The van der Waals surface area contributed by atoms with Crippen LogP contribution in [0.2, 0.25) is 0 Å². The number of nitrogen functional groups attached to an aromatic ring is 1. The molecule has 7 nitrogen and oxygen atoms in total. The van der Waals surface area contributed by atoms with Gasteiger partial charge in [0.15, 0.2) is 0 Å². The van der Waals surface area contributed by atoms with Crippen molar-refractivity contribution in [3.63, 3.8) is 0 Å². The van der Waals surface area contributed by atoms with E-state index < -0.39 is 12.0 Å². The number of para-hydroxylation sites is 1. The van der Waals surface area contributed by atoms with Crippen molar-refractivity contribution in [2.75, 3.05) is 18.8 Å². The fraction of sp³-hybridized carbons (Fsp3) is 0.308. The van der Waals surface area contributed by atoms with Crippen LogP contribution in [0.4, 0.5) is 5.69 Å². The van der Waals surface area contributed by atoms with E-state index in [4.69, 9.17) is 10.8 Å². The molecule has 0 radical (unpaired) electrons. The molecule has 0 saturated carbocycles. The monoisotopic (exact) mass is 277 g/mol. The highest BCUT2D eigenvalue weighted by atomic mass is 16.4. The van der Waals surface area contributed by atoms with Crippen molar-refractivity contribution in [2.24, 2.45) is 0 Å². The molecule has 0 aliphatic carbocycles. The maximum absolute atomic E-state index is 11.8. The Labute approximate surface area is 115 Å². The van der Waals surface area contributed by atoms with Crippen LogP contribution in [-0.2, 0) is 20.8 Å². The van der Waals surface area contributed by atoms with Gasteiger partial charge in [0, 0.05) is 5.69 Å². The number of carboxylic acid groups (broad SMARTS) is 1. The summed E-state index contributed by atoms with van der Waals surface area (Å²) in [5.74, 6) is -1.75. The first-order valence-electron chi connectivity index (χ1n) is 6.10. The van der Waals surface area contributed by atoms with E-state index in [1.54, 1.807) is 24.3 Å². The fourth-order valence-electron chi connectivity index (χ4n) is 2.02. The van der Waals surface area contributed by atoms with Crippen molar-refractivity contribution in [2.45, 2.75) is 12.5 Å².